The number of carbonyl (C=O) groups is 1. The second-order valence-electron chi connectivity index (χ2n) is 3.44. The van der Waals surface area contributed by atoms with Gasteiger partial charge in [0.05, 0.1) is 12.1 Å². The third-order valence-electron chi connectivity index (χ3n) is 2.36. The maximum Gasteiger partial charge on any atom is 0.348 e. The van der Waals surface area contributed by atoms with Crippen molar-refractivity contribution in [2.75, 3.05) is 7.11 Å². The molecule has 0 fully saturated rings. The summed E-state index contributed by atoms with van der Waals surface area (Å²) in [5.41, 5.74) is -0.0639. The SMILES string of the molecule is COC(=O)/C(C#N)=C/c1sc2ccccc2c1Cl. The lowest BCUT2D eigenvalue weighted by Gasteiger charge is -1.95. The first-order valence-corrected chi connectivity index (χ1v) is 6.24. The Labute approximate surface area is 113 Å². The molecular weight excluding hydrogens is 270 g/mol. The summed E-state index contributed by atoms with van der Waals surface area (Å²) in [4.78, 5) is 12.0. The molecule has 0 atom stereocenters. The molecule has 18 heavy (non-hydrogen) atoms. The number of nitrogens with zero attached hydrogens (tertiary/aromatic N) is 1. The van der Waals surface area contributed by atoms with Gasteiger partial charge in [0.1, 0.15) is 11.6 Å². The molecule has 0 spiro atoms. The predicted octanol–water partition coefficient (Wildman–Crippen LogP) is 3.63. The summed E-state index contributed by atoms with van der Waals surface area (Å²) in [5.74, 6) is -0.661. The minimum Gasteiger partial charge on any atom is -0.465 e. The molecule has 0 aliphatic carbocycles. The molecule has 1 heterocycles. The molecule has 2 rings (SSSR count). The zero-order valence-electron chi connectivity index (χ0n) is 9.44. The van der Waals surface area contributed by atoms with Crippen LogP contribution in [0.25, 0.3) is 16.2 Å². The van der Waals surface area contributed by atoms with Crippen molar-refractivity contribution in [2.24, 2.45) is 0 Å². The number of halogens is 1. The number of carbonyl (C=O) groups excluding carboxylic acids is 1. The smallest absolute Gasteiger partial charge is 0.348 e. The Bertz CT molecular complexity index is 682. The summed E-state index contributed by atoms with van der Waals surface area (Å²) < 4.78 is 5.53. The number of thiophene rings is 1. The van der Waals surface area contributed by atoms with Crippen LogP contribution in [0.15, 0.2) is 29.8 Å². The lowest BCUT2D eigenvalue weighted by molar-refractivity contribution is -0.135. The van der Waals surface area contributed by atoms with Gasteiger partial charge in [0.25, 0.3) is 0 Å². The number of rotatable bonds is 2. The lowest BCUT2D eigenvalue weighted by atomic mass is 10.2. The van der Waals surface area contributed by atoms with Crippen LogP contribution in [0.5, 0.6) is 0 Å². The molecule has 2 aromatic rings. The van der Waals surface area contributed by atoms with Crippen LogP contribution < -0.4 is 0 Å². The Morgan fingerprint density at radius 1 is 1.50 bits per heavy atom. The number of nitriles is 1. The molecule has 0 N–H and O–H groups in total. The van der Waals surface area contributed by atoms with E-state index >= 15 is 0 Å². The van der Waals surface area contributed by atoms with Gasteiger partial charge in [-0.1, -0.05) is 29.8 Å². The molecule has 1 aromatic heterocycles. The zero-order chi connectivity index (χ0) is 13.1. The second-order valence-corrected chi connectivity index (χ2v) is 4.90. The van der Waals surface area contributed by atoms with Gasteiger partial charge in [0, 0.05) is 15.0 Å². The van der Waals surface area contributed by atoms with Crippen LogP contribution in [0.1, 0.15) is 4.88 Å². The summed E-state index contributed by atoms with van der Waals surface area (Å²) in [7, 11) is 1.24. The Balaban J connectivity index is 2.55. The van der Waals surface area contributed by atoms with Crippen molar-refractivity contribution in [3.63, 3.8) is 0 Å². The minimum absolute atomic E-state index is 0.0639. The average Bonchev–Trinajstić information content (AvgIpc) is 2.72. The van der Waals surface area contributed by atoms with Gasteiger partial charge in [0.2, 0.25) is 0 Å². The summed E-state index contributed by atoms with van der Waals surface area (Å²) in [6, 6.07) is 9.44. The van der Waals surface area contributed by atoms with Gasteiger partial charge in [0.15, 0.2) is 0 Å². The Morgan fingerprint density at radius 3 is 2.83 bits per heavy atom. The van der Waals surface area contributed by atoms with Crippen molar-refractivity contribution in [1.29, 1.82) is 5.26 Å². The predicted molar refractivity (Wildman–Crippen MR) is 72.4 cm³/mol. The van der Waals surface area contributed by atoms with E-state index in [1.807, 2.05) is 30.3 Å². The second kappa shape index (κ2) is 5.21. The third-order valence-corrected chi connectivity index (χ3v) is 4.00. The molecule has 0 bridgehead atoms. The van der Waals surface area contributed by atoms with E-state index in [4.69, 9.17) is 16.9 Å². The first-order valence-electron chi connectivity index (χ1n) is 5.04. The molecule has 0 aliphatic heterocycles. The topological polar surface area (TPSA) is 50.1 Å². The van der Waals surface area contributed by atoms with Crippen LogP contribution in [-0.2, 0) is 9.53 Å². The number of methoxy groups -OCH3 is 1. The van der Waals surface area contributed by atoms with Gasteiger partial charge in [-0.2, -0.15) is 5.26 Å². The highest BCUT2D eigenvalue weighted by molar-refractivity contribution is 7.20. The standard InChI is InChI=1S/C13H8ClNO2S/c1-17-13(16)8(7-15)6-11-12(14)9-4-2-3-5-10(9)18-11/h2-6H,1H3/b8-6+. The van der Waals surface area contributed by atoms with Gasteiger partial charge in [-0.3, -0.25) is 0 Å². The van der Waals surface area contributed by atoms with Crippen LogP contribution in [0.4, 0.5) is 0 Å². The largest absolute Gasteiger partial charge is 0.465 e. The van der Waals surface area contributed by atoms with E-state index in [1.54, 1.807) is 0 Å². The van der Waals surface area contributed by atoms with Gasteiger partial charge in [-0.05, 0) is 12.1 Å². The van der Waals surface area contributed by atoms with Crippen molar-refractivity contribution < 1.29 is 9.53 Å². The molecule has 1 aromatic carbocycles. The zero-order valence-corrected chi connectivity index (χ0v) is 11.0. The molecular formula is C13H8ClNO2S. The number of fused-ring (bicyclic) bond motifs is 1. The van der Waals surface area contributed by atoms with Gasteiger partial charge in [-0.25, -0.2) is 4.79 Å². The number of hydrogen-bond donors (Lipinski definition) is 0. The van der Waals surface area contributed by atoms with Crippen molar-refractivity contribution >= 4 is 45.1 Å². The van der Waals surface area contributed by atoms with Gasteiger partial charge in [-0.15, -0.1) is 11.3 Å². The molecule has 5 heteroatoms. The summed E-state index contributed by atoms with van der Waals surface area (Å²) in [6.07, 6.45) is 1.46. The highest BCUT2D eigenvalue weighted by Gasteiger charge is 2.13. The Kier molecular flexibility index (Phi) is 3.66. The molecule has 90 valence electrons. The summed E-state index contributed by atoms with van der Waals surface area (Å²) >= 11 is 7.64. The first kappa shape index (κ1) is 12.6. The van der Waals surface area contributed by atoms with Crippen molar-refractivity contribution in [2.45, 2.75) is 0 Å². The number of benzene rings is 1. The molecule has 0 amide bonds. The lowest BCUT2D eigenvalue weighted by Crippen LogP contribution is -2.02. The van der Waals surface area contributed by atoms with E-state index in [0.29, 0.717) is 9.90 Å². The van der Waals surface area contributed by atoms with E-state index in [1.165, 1.54) is 24.5 Å². The fraction of sp³-hybridized carbons (Fsp3) is 0.0769. The first-order chi connectivity index (χ1) is 8.67. The third kappa shape index (κ3) is 2.23. The Hall–Kier alpha value is -1.83. The summed E-state index contributed by atoms with van der Waals surface area (Å²) in [6.45, 7) is 0. The maximum absolute atomic E-state index is 11.3. The van der Waals surface area contributed by atoms with Gasteiger partial charge >= 0.3 is 5.97 Å². The number of esters is 1. The highest BCUT2D eigenvalue weighted by Crippen LogP contribution is 2.36. The van der Waals surface area contributed by atoms with Crippen LogP contribution in [0.3, 0.4) is 0 Å². The average molecular weight is 278 g/mol. The molecule has 0 radical (unpaired) electrons. The van der Waals surface area contributed by atoms with Gasteiger partial charge < -0.3 is 4.74 Å². The molecule has 0 aliphatic rings. The van der Waals surface area contributed by atoms with Crippen LogP contribution in [-0.4, -0.2) is 13.1 Å². The van der Waals surface area contributed by atoms with E-state index in [2.05, 4.69) is 4.74 Å². The van der Waals surface area contributed by atoms with Crippen molar-refractivity contribution in [3.05, 3.63) is 39.7 Å². The van der Waals surface area contributed by atoms with E-state index < -0.39 is 5.97 Å². The van der Waals surface area contributed by atoms with E-state index in [0.717, 1.165) is 10.1 Å². The Morgan fingerprint density at radius 2 is 2.22 bits per heavy atom. The molecule has 0 saturated carbocycles. The fourth-order valence-corrected chi connectivity index (χ4v) is 2.93. The quantitative estimate of drug-likeness (QED) is 0.478. The summed E-state index contributed by atoms with van der Waals surface area (Å²) in [5, 5.41) is 10.4. The maximum atomic E-state index is 11.3. The van der Waals surface area contributed by atoms with Crippen molar-refractivity contribution in [3.8, 4) is 6.07 Å². The van der Waals surface area contributed by atoms with Crippen molar-refractivity contribution in [1.82, 2.24) is 0 Å². The molecule has 0 saturated heterocycles. The number of ether oxygens (including phenoxy) is 1. The molecule has 0 unspecified atom stereocenters. The monoisotopic (exact) mass is 277 g/mol. The van der Waals surface area contributed by atoms with Crippen LogP contribution >= 0.6 is 22.9 Å². The number of hydrogen-bond acceptors (Lipinski definition) is 4. The van der Waals surface area contributed by atoms with E-state index in [-0.39, 0.29) is 5.57 Å². The molecule has 3 nitrogen and oxygen atoms in total. The fourth-order valence-electron chi connectivity index (χ4n) is 1.50. The normalized spacial score (nSPS) is 11.3. The van der Waals surface area contributed by atoms with Crippen LogP contribution in [0, 0.1) is 11.3 Å². The highest BCUT2D eigenvalue weighted by atomic mass is 35.5. The van der Waals surface area contributed by atoms with Crippen LogP contribution in [0.2, 0.25) is 5.02 Å². The minimum atomic E-state index is -0.661. The van der Waals surface area contributed by atoms with E-state index in [9.17, 15) is 4.79 Å².